The molecule has 0 unspecified atom stereocenters. The predicted octanol–water partition coefficient (Wildman–Crippen LogP) is 4.05. The number of urea groups is 1. The number of amides is 2. The van der Waals surface area contributed by atoms with Gasteiger partial charge in [-0.25, -0.2) is 9.18 Å². The Balaban J connectivity index is 1.39. The molecule has 0 radical (unpaired) electrons. The second-order valence-electron chi connectivity index (χ2n) is 8.67. The van der Waals surface area contributed by atoms with E-state index in [0.717, 1.165) is 50.4 Å². The van der Waals surface area contributed by atoms with Crippen LogP contribution in [-0.4, -0.2) is 66.0 Å². The number of halogens is 1. The Bertz CT molecular complexity index is 1160. The molecule has 36 heavy (non-hydrogen) atoms. The molecule has 4 rings (SSSR count). The van der Waals surface area contributed by atoms with Crippen LogP contribution in [0.15, 0.2) is 53.4 Å². The first-order valence-electron chi connectivity index (χ1n) is 11.9. The van der Waals surface area contributed by atoms with Gasteiger partial charge in [0.1, 0.15) is 11.5 Å². The van der Waals surface area contributed by atoms with E-state index in [1.807, 2.05) is 16.8 Å². The molecular formula is C26H30FN5O3S. The van der Waals surface area contributed by atoms with Gasteiger partial charge < -0.3 is 20.7 Å². The minimum Gasteiger partial charge on any atom is -0.398 e. The van der Waals surface area contributed by atoms with Crippen molar-refractivity contribution >= 4 is 34.5 Å². The number of aromatic nitrogens is 1. The summed E-state index contributed by atoms with van der Waals surface area (Å²) in [5, 5.41) is 6.46. The fraction of sp³-hybridized carbons (Fsp3) is 0.346. The van der Waals surface area contributed by atoms with Crippen molar-refractivity contribution in [1.82, 2.24) is 14.8 Å². The van der Waals surface area contributed by atoms with Crippen molar-refractivity contribution < 1.29 is 18.7 Å². The van der Waals surface area contributed by atoms with E-state index in [0.29, 0.717) is 30.2 Å². The summed E-state index contributed by atoms with van der Waals surface area (Å²) in [7, 11) is 0. The Kier molecular flexibility index (Phi) is 8.99. The van der Waals surface area contributed by atoms with Crippen LogP contribution in [0.1, 0.15) is 28.0 Å². The number of nitrogens with two attached hydrogens (primary N) is 1. The van der Waals surface area contributed by atoms with Crippen LogP contribution in [0.4, 0.5) is 20.6 Å². The number of hydrogen-bond donors (Lipinski definition) is 2. The number of benzene rings is 1. The third-order valence-corrected chi connectivity index (χ3v) is 6.79. The van der Waals surface area contributed by atoms with Crippen molar-refractivity contribution in [3.63, 3.8) is 0 Å². The lowest BCUT2D eigenvalue weighted by atomic mass is 10.1. The Morgan fingerprint density at radius 1 is 1.19 bits per heavy atom. The number of ether oxygens (including phenoxy) is 1. The van der Waals surface area contributed by atoms with Gasteiger partial charge in [0, 0.05) is 62.1 Å². The monoisotopic (exact) mass is 511 g/mol. The minimum absolute atomic E-state index is 0.113. The molecule has 0 bridgehead atoms. The lowest BCUT2D eigenvalue weighted by Crippen LogP contribution is -2.40. The van der Waals surface area contributed by atoms with Crippen molar-refractivity contribution in [2.75, 3.05) is 50.4 Å². The number of nitrogen functional groups attached to an aromatic ring is 1. The summed E-state index contributed by atoms with van der Waals surface area (Å²) in [4.78, 5) is 34.0. The van der Waals surface area contributed by atoms with E-state index in [-0.39, 0.29) is 18.2 Å². The zero-order chi connectivity index (χ0) is 25.3. The smallest absolute Gasteiger partial charge is 0.322 e. The van der Waals surface area contributed by atoms with E-state index < -0.39 is 5.82 Å². The van der Waals surface area contributed by atoms with Crippen molar-refractivity contribution in [1.29, 1.82) is 0 Å². The molecule has 1 aliphatic heterocycles. The Hall–Kier alpha value is -3.34. The number of carbonyl (C=O) groups is 2. The van der Waals surface area contributed by atoms with E-state index in [2.05, 4.69) is 15.2 Å². The maximum atomic E-state index is 13.6. The number of hydrogen-bond acceptors (Lipinski definition) is 7. The van der Waals surface area contributed by atoms with E-state index in [1.54, 1.807) is 29.3 Å². The number of carbonyl (C=O) groups excluding carboxylic acids is 2. The highest BCUT2D eigenvalue weighted by Gasteiger charge is 2.17. The molecule has 1 aliphatic rings. The Morgan fingerprint density at radius 2 is 2.03 bits per heavy atom. The predicted molar refractivity (Wildman–Crippen MR) is 139 cm³/mol. The number of nitrogens with zero attached hydrogens (tertiary/aromatic N) is 3. The number of pyridine rings is 1. The third-order valence-electron chi connectivity index (χ3n) is 5.98. The number of morpholine rings is 1. The maximum Gasteiger partial charge on any atom is 0.322 e. The molecule has 8 nitrogen and oxygen atoms in total. The average Bonchev–Trinajstić information content (AvgIpc) is 3.28. The molecule has 3 heterocycles. The van der Waals surface area contributed by atoms with Gasteiger partial charge in [-0.2, -0.15) is 0 Å². The first-order chi connectivity index (χ1) is 17.5. The maximum absolute atomic E-state index is 13.6. The molecule has 0 spiro atoms. The second-order valence-corrected chi connectivity index (χ2v) is 9.42. The van der Waals surface area contributed by atoms with Gasteiger partial charge in [0.05, 0.1) is 13.2 Å². The highest BCUT2D eigenvalue weighted by Crippen LogP contribution is 2.19. The van der Waals surface area contributed by atoms with Gasteiger partial charge in [-0.15, -0.1) is 11.3 Å². The van der Waals surface area contributed by atoms with Gasteiger partial charge in [-0.05, 0) is 47.2 Å². The van der Waals surface area contributed by atoms with E-state index in [4.69, 9.17) is 10.5 Å². The van der Waals surface area contributed by atoms with Crippen molar-refractivity contribution in [2.24, 2.45) is 0 Å². The van der Waals surface area contributed by atoms with E-state index in [9.17, 15) is 14.0 Å². The lowest BCUT2D eigenvalue weighted by molar-refractivity contribution is 0.0365. The highest BCUT2D eigenvalue weighted by molar-refractivity contribution is 7.08. The lowest BCUT2D eigenvalue weighted by Gasteiger charge is -2.28. The van der Waals surface area contributed by atoms with Crippen LogP contribution in [0.2, 0.25) is 0 Å². The van der Waals surface area contributed by atoms with E-state index >= 15 is 0 Å². The van der Waals surface area contributed by atoms with Crippen LogP contribution in [0.5, 0.6) is 0 Å². The van der Waals surface area contributed by atoms with Gasteiger partial charge in [-0.1, -0.05) is 12.1 Å². The highest BCUT2D eigenvalue weighted by atomic mass is 32.1. The molecular weight excluding hydrogens is 481 g/mol. The fourth-order valence-electron chi connectivity index (χ4n) is 3.97. The molecule has 1 fully saturated rings. The van der Waals surface area contributed by atoms with Crippen molar-refractivity contribution in [3.05, 3.63) is 76.0 Å². The molecule has 10 heteroatoms. The number of ketones is 1. The summed E-state index contributed by atoms with van der Waals surface area (Å²) >= 11 is 1.46. The Labute approximate surface area is 213 Å². The zero-order valence-corrected chi connectivity index (χ0v) is 20.8. The average molecular weight is 512 g/mol. The fourth-order valence-corrected chi connectivity index (χ4v) is 4.72. The SMILES string of the molecule is Nc1cscc1CC(=O)c1ccc(CN(CCCN2CCOCC2)C(=O)Nc2cccc(F)c2)cn1. The normalized spacial score (nSPS) is 13.9. The van der Waals surface area contributed by atoms with Gasteiger partial charge in [0.2, 0.25) is 0 Å². The number of nitrogens with one attached hydrogen (secondary N) is 1. The third kappa shape index (κ3) is 7.33. The van der Waals surface area contributed by atoms with Crippen LogP contribution in [0.25, 0.3) is 0 Å². The first kappa shape index (κ1) is 25.7. The number of rotatable bonds is 10. The quantitative estimate of drug-likeness (QED) is 0.399. The van der Waals surface area contributed by atoms with Crippen LogP contribution >= 0.6 is 11.3 Å². The van der Waals surface area contributed by atoms with Gasteiger partial charge in [0.25, 0.3) is 0 Å². The topological polar surface area (TPSA) is 101 Å². The molecule has 1 saturated heterocycles. The molecule has 0 saturated carbocycles. The van der Waals surface area contributed by atoms with E-state index in [1.165, 1.54) is 23.5 Å². The summed E-state index contributed by atoms with van der Waals surface area (Å²) in [6.07, 6.45) is 2.60. The van der Waals surface area contributed by atoms with Gasteiger partial charge >= 0.3 is 6.03 Å². The number of Topliss-reactive ketones (excluding diaryl/α,β-unsaturated/α-hetero) is 1. The summed E-state index contributed by atoms with van der Waals surface area (Å²) in [5.41, 5.74) is 8.85. The van der Waals surface area contributed by atoms with Crippen LogP contribution in [-0.2, 0) is 17.7 Å². The second kappa shape index (κ2) is 12.6. The van der Waals surface area contributed by atoms with Crippen LogP contribution < -0.4 is 11.1 Å². The summed E-state index contributed by atoms with van der Waals surface area (Å²) < 4.78 is 19.0. The van der Waals surface area contributed by atoms with Crippen LogP contribution in [0, 0.1) is 5.82 Å². The first-order valence-corrected chi connectivity index (χ1v) is 12.8. The molecule has 190 valence electrons. The number of anilines is 2. The van der Waals surface area contributed by atoms with Gasteiger partial charge in [0.15, 0.2) is 5.78 Å². The molecule has 0 atom stereocenters. The summed E-state index contributed by atoms with van der Waals surface area (Å²) in [6, 6.07) is 8.98. The number of thiophene rings is 1. The van der Waals surface area contributed by atoms with Gasteiger partial charge in [-0.3, -0.25) is 14.7 Å². The molecule has 3 aromatic rings. The molecule has 2 amide bonds. The largest absolute Gasteiger partial charge is 0.398 e. The molecule has 2 aromatic heterocycles. The van der Waals surface area contributed by atoms with Crippen molar-refractivity contribution in [2.45, 2.75) is 19.4 Å². The summed E-state index contributed by atoms with van der Waals surface area (Å²) in [6.45, 7) is 4.88. The summed E-state index contributed by atoms with van der Waals surface area (Å²) in [5.74, 6) is -0.529. The standard InChI is InChI=1S/C26H30FN5O3S/c27-21-3-1-4-22(14-21)30-26(34)32(8-2-7-31-9-11-35-12-10-31)16-19-5-6-24(29-15-19)25(33)13-20-17-36-18-23(20)28/h1,3-6,14-15,17-18H,2,7-13,16,28H2,(H,30,34). The molecule has 0 aliphatic carbocycles. The zero-order valence-electron chi connectivity index (χ0n) is 20.0. The van der Waals surface area contributed by atoms with Crippen LogP contribution in [0.3, 0.4) is 0 Å². The van der Waals surface area contributed by atoms with Crippen molar-refractivity contribution in [3.8, 4) is 0 Å². The minimum atomic E-state index is -0.416. The molecule has 3 N–H and O–H groups in total. The molecule has 1 aromatic carbocycles. The Morgan fingerprint density at radius 3 is 2.72 bits per heavy atom.